The predicted molar refractivity (Wildman–Crippen MR) is 87.1 cm³/mol. The highest BCUT2D eigenvalue weighted by molar-refractivity contribution is 4.97. The minimum Gasteiger partial charge on any atom is -0.313 e. The Morgan fingerprint density at radius 2 is 1.95 bits per heavy atom. The number of nitrogens with one attached hydrogen (secondary N) is 1. The van der Waals surface area contributed by atoms with Crippen molar-refractivity contribution in [3.63, 3.8) is 0 Å². The molecule has 2 fully saturated rings. The van der Waals surface area contributed by atoms with Crippen LogP contribution < -0.4 is 5.32 Å². The molecule has 3 nitrogen and oxygen atoms in total. The van der Waals surface area contributed by atoms with Crippen molar-refractivity contribution < 1.29 is 0 Å². The maximum absolute atomic E-state index is 3.77. The van der Waals surface area contributed by atoms with Gasteiger partial charge in [-0.15, -0.1) is 0 Å². The molecule has 3 atom stereocenters. The van der Waals surface area contributed by atoms with Crippen LogP contribution >= 0.6 is 0 Å². The molecule has 0 aromatic rings. The van der Waals surface area contributed by atoms with Crippen LogP contribution in [0.25, 0.3) is 0 Å². The minimum absolute atomic E-state index is 0.470. The summed E-state index contributed by atoms with van der Waals surface area (Å²) >= 11 is 0. The second-order valence-corrected chi connectivity index (χ2v) is 7.62. The number of likely N-dealkylation sites (N-methyl/N-ethyl adjacent to an activating group) is 1. The Kier molecular flexibility index (Phi) is 5.49. The van der Waals surface area contributed by atoms with Crippen LogP contribution in [0, 0.1) is 11.3 Å². The summed E-state index contributed by atoms with van der Waals surface area (Å²) in [6.07, 6.45) is 4.05. The molecule has 1 saturated carbocycles. The lowest BCUT2D eigenvalue weighted by molar-refractivity contribution is 0.0753. The molecule has 118 valence electrons. The van der Waals surface area contributed by atoms with Gasteiger partial charge in [-0.25, -0.2) is 0 Å². The van der Waals surface area contributed by atoms with E-state index in [2.05, 4.69) is 49.9 Å². The third-order valence-electron chi connectivity index (χ3n) is 5.72. The molecule has 0 radical (unpaired) electrons. The van der Waals surface area contributed by atoms with Gasteiger partial charge in [-0.3, -0.25) is 0 Å². The molecule has 2 aliphatic rings. The second kappa shape index (κ2) is 6.76. The molecule has 0 spiro atoms. The highest BCUT2D eigenvalue weighted by atomic mass is 15.3. The van der Waals surface area contributed by atoms with E-state index in [9.17, 15) is 0 Å². The fraction of sp³-hybridized carbons (Fsp3) is 1.00. The quantitative estimate of drug-likeness (QED) is 0.835. The van der Waals surface area contributed by atoms with Crippen LogP contribution in [0.3, 0.4) is 0 Å². The van der Waals surface area contributed by atoms with Crippen molar-refractivity contribution in [2.45, 2.75) is 59.0 Å². The number of hydrogen-bond acceptors (Lipinski definition) is 3. The standard InChI is InChI=1S/C17H35N3/c1-6-15-13-20(11-10-19(15)5)12-14-8-9-17(3,4)16(14)18-7-2/h14-16,18H,6-13H2,1-5H3. The molecule has 0 aromatic heterocycles. The van der Waals surface area contributed by atoms with Gasteiger partial charge in [-0.2, -0.15) is 0 Å². The molecule has 20 heavy (non-hydrogen) atoms. The molecule has 1 N–H and O–H groups in total. The van der Waals surface area contributed by atoms with E-state index in [0.717, 1.165) is 18.5 Å². The van der Waals surface area contributed by atoms with Crippen molar-refractivity contribution in [3.8, 4) is 0 Å². The lowest BCUT2D eigenvalue weighted by Gasteiger charge is -2.41. The average molecular weight is 281 g/mol. The van der Waals surface area contributed by atoms with E-state index >= 15 is 0 Å². The van der Waals surface area contributed by atoms with Crippen LogP contribution in [0.5, 0.6) is 0 Å². The van der Waals surface area contributed by atoms with Gasteiger partial charge < -0.3 is 15.1 Å². The number of rotatable bonds is 5. The lowest BCUT2D eigenvalue weighted by Crippen LogP contribution is -2.54. The molecule has 3 heteroatoms. The first-order chi connectivity index (χ1) is 9.47. The number of piperazine rings is 1. The van der Waals surface area contributed by atoms with Gasteiger partial charge in [0.1, 0.15) is 0 Å². The zero-order valence-corrected chi connectivity index (χ0v) is 14.3. The largest absolute Gasteiger partial charge is 0.313 e. The first kappa shape index (κ1) is 16.3. The van der Waals surface area contributed by atoms with Gasteiger partial charge in [0.2, 0.25) is 0 Å². The number of hydrogen-bond donors (Lipinski definition) is 1. The molecule has 1 aliphatic carbocycles. The summed E-state index contributed by atoms with van der Waals surface area (Å²) in [5.74, 6) is 0.839. The molecular formula is C17H35N3. The fourth-order valence-corrected chi connectivity index (χ4v) is 4.33. The summed E-state index contributed by atoms with van der Waals surface area (Å²) in [7, 11) is 2.28. The van der Waals surface area contributed by atoms with E-state index in [-0.39, 0.29) is 0 Å². The van der Waals surface area contributed by atoms with E-state index in [1.165, 1.54) is 45.4 Å². The Labute approximate surface area is 126 Å². The summed E-state index contributed by atoms with van der Waals surface area (Å²) in [6.45, 7) is 15.6. The fourth-order valence-electron chi connectivity index (χ4n) is 4.33. The summed E-state index contributed by atoms with van der Waals surface area (Å²) in [5, 5.41) is 3.77. The lowest BCUT2D eigenvalue weighted by atomic mass is 9.84. The monoisotopic (exact) mass is 281 g/mol. The van der Waals surface area contributed by atoms with Crippen molar-refractivity contribution in [3.05, 3.63) is 0 Å². The van der Waals surface area contributed by atoms with Crippen molar-refractivity contribution in [2.24, 2.45) is 11.3 Å². The van der Waals surface area contributed by atoms with Gasteiger partial charge in [-0.1, -0.05) is 27.7 Å². The normalized spacial score (nSPS) is 35.5. The maximum Gasteiger partial charge on any atom is 0.0218 e. The van der Waals surface area contributed by atoms with E-state index < -0.39 is 0 Å². The van der Waals surface area contributed by atoms with Crippen LogP contribution in [0.15, 0.2) is 0 Å². The average Bonchev–Trinajstić information content (AvgIpc) is 2.69. The van der Waals surface area contributed by atoms with Crippen molar-refractivity contribution >= 4 is 0 Å². The minimum atomic E-state index is 0.470. The highest BCUT2D eigenvalue weighted by Crippen LogP contribution is 2.41. The highest BCUT2D eigenvalue weighted by Gasteiger charge is 2.42. The van der Waals surface area contributed by atoms with Crippen LogP contribution in [-0.2, 0) is 0 Å². The van der Waals surface area contributed by atoms with Crippen LogP contribution in [0.1, 0.15) is 47.0 Å². The number of nitrogens with zero attached hydrogens (tertiary/aromatic N) is 2. The van der Waals surface area contributed by atoms with Crippen LogP contribution in [-0.4, -0.2) is 61.7 Å². The summed E-state index contributed by atoms with van der Waals surface area (Å²) in [6, 6.07) is 1.46. The maximum atomic E-state index is 3.77. The molecule has 1 heterocycles. The molecule has 1 aliphatic heterocycles. The molecule has 2 rings (SSSR count). The molecule has 3 unspecified atom stereocenters. The summed E-state index contributed by atoms with van der Waals surface area (Å²) in [5.41, 5.74) is 0.470. The Balaban J connectivity index is 1.92. The first-order valence-corrected chi connectivity index (χ1v) is 8.64. The van der Waals surface area contributed by atoms with Crippen molar-refractivity contribution in [1.29, 1.82) is 0 Å². The zero-order valence-electron chi connectivity index (χ0n) is 14.3. The van der Waals surface area contributed by atoms with Gasteiger partial charge in [-0.05, 0) is 44.2 Å². The molecule has 0 aromatic carbocycles. The summed E-state index contributed by atoms with van der Waals surface area (Å²) in [4.78, 5) is 5.27. The zero-order chi connectivity index (χ0) is 14.8. The van der Waals surface area contributed by atoms with Gasteiger partial charge in [0, 0.05) is 38.3 Å². The Morgan fingerprint density at radius 1 is 1.20 bits per heavy atom. The molecule has 0 bridgehead atoms. The van der Waals surface area contributed by atoms with Gasteiger partial charge in [0.15, 0.2) is 0 Å². The third kappa shape index (κ3) is 3.55. The van der Waals surface area contributed by atoms with E-state index in [1.807, 2.05) is 0 Å². The Morgan fingerprint density at radius 3 is 2.60 bits per heavy atom. The van der Waals surface area contributed by atoms with Gasteiger partial charge >= 0.3 is 0 Å². The van der Waals surface area contributed by atoms with Crippen LogP contribution in [0.2, 0.25) is 0 Å². The summed E-state index contributed by atoms with van der Waals surface area (Å²) < 4.78 is 0. The molecular weight excluding hydrogens is 246 g/mol. The first-order valence-electron chi connectivity index (χ1n) is 8.64. The van der Waals surface area contributed by atoms with E-state index in [0.29, 0.717) is 11.5 Å². The topological polar surface area (TPSA) is 18.5 Å². The SMILES string of the molecule is CCNC1C(CN2CCN(C)C(CC)C2)CCC1(C)C. The van der Waals surface area contributed by atoms with E-state index in [1.54, 1.807) is 0 Å². The Bertz CT molecular complexity index is 303. The predicted octanol–water partition coefficient (Wildman–Crippen LogP) is 2.43. The van der Waals surface area contributed by atoms with Crippen molar-refractivity contribution in [2.75, 3.05) is 39.8 Å². The smallest absolute Gasteiger partial charge is 0.0218 e. The van der Waals surface area contributed by atoms with Gasteiger partial charge in [0.05, 0.1) is 0 Å². The van der Waals surface area contributed by atoms with E-state index in [4.69, 9.17) is 0 Å². The Hall–Kier alpha value is -0.120. The van der Waals surface area contributed by atoms with Gasteiger partial charge in [0.25, 0.3) is 0 Å². The second-order valence-electron chi connectivity index (χ2n) is 7.62. The third-order valence-corrected chi connectivity index (χ3v) is 5.72. The molecule has 0 amide bonds. The van der Waals surface area contributed by atoms with Crippen LogP contribution in [0.4, 0.5) is 0 Å². The van der Waals surface area contributed by atoms with Crippen molar-refractivity contribution in [1.82, 2.24) is 15.1 Å². The molecule has 1 saturated heterocycles.